The zero-order valence-electron chi connectivity index (χ0n) is 18.6. The number of carbonyl (C=O) groups excluding carboxylic acids is 1. The fourth-order valence-electron chi connectivity index (χ4n) is 3.06. The van der Waals surface area contributed by atoms with Gasteiger partial charge in [0.05, 0.1) is 24.3 Å². The molecule has 0 spiro atoms. The molecule has 0 aromatic heterocycles. The van der Waals surface area contributed by atoms with Crippen LogP contribution in [0.15, 0.2) is 88.9 Å². The molecule has 0 unspecified atom stereocenters. The van der Waals surface area contributed by atoms with Crippen molar-refractivity contribution in [3.8, 4) is 5.75 Å². The Morgan fingerprint density at radius 2 is 1.67 bits per heavy atom. The molecule has 0 fully saturated rings. The van der Waals surface area contributed by atoms with Gasteiger partial charge in [0.15, 0.2) is 0 Å². The average molecular weight is 466 g/mol. The molecule has 0 radical (unpaired) electrons. The van der Waals surface area contributed by atoms with E-state index < -0.39 is 15.9 Å². The van der Waals surface area contributed by atoms with Gasteiger partial charge in [0.25, 0.3) is 5.91 Å². The zero-order valence-corrected chi connectivity index (χ0v) is 19.5. The Labute approximate surface area is 194 Å². The van der Waals surface area contributed by atoms with Gasteiger partial charge in [-0.3, -0.25) is 4.79 Å². The first-order valence-electron chi connectivity index (χ1n) is 10.5. The van der Waals surface area contributed by atoms with E-state index in [2.05, 4.69) is 10.5 Å². The maximum absolute atomic E-state index is 13.2. The normalized spacial score (nSPS) is 11.6. The summed E-state index contributed by atoms with van der Waals surface area (Å²) in [6, 6.07) is 22.8. The highest BCUT2D eigenvalue weighted by molar-refractivity contribution is 7.89. The van der Waals surface area contributed by atoms with Gasteiger partial charge in [0, 0.05) is 6.54 Å². The minimum absolute atomic E-state index is 0.0630. The second-order valence-electron chi connectivity index (χ2n) is 7.37. The molecule has 0 heterocycles. The summed E-state index contributed by atoms with van der Waals surface area (Å²) in [6.45, 7) is 4.14. The molecule has 0 saturated heterocycles. The Morgan fingerprint density at radius 1 is 1.00 bits per heavy atom. The van der Waals surface area contributed by atoms with Gasteiger partial charge >= 0.3 is 0 Å². The third-order valence-electron chi connectivity index (χ3n) is 4.77. The number of ether oxygens (including phenoxy) is 1. The second kappa shape index (κ2) is 11.4. The molecular formula is C25H27N3O4S. The number of hydrogen-bond acceptors (Lipinski definition) is 5. The van der Waals surface area contributed by atoms with Gasteiger partial charge in [-0.1, -0.05) is 48.0 Å². The van der Waals surface area contributed by atoms with Crippen molar-refractivity contribution in [3.63, 3.8) is 0 Å². The molecule has 3 aromatic rings. The lowest BCUT2D eigenvalue weighted by Crippen LogP contribution is -2.39. The second-order valence-corrected chi connectivity index (χ2v) is 9.30. The summed E-state index contributed by atoms with van der Waals surface area (Å²) in [7, 11) is -3.89. The van der Waals surface area contributed by atoms with E-state index in [-0.39, 0.29) is 18.0 Å². The number of benzene rings is 3. The molecule has 0 atom stereocenters. The fourth-order valence-corrected chi connectivity index (χ4v) is 4.46. The molecule has 0 aliphatic rings. The van der Waals surface area contributed by atoms with Gasteiger partial charge in [0.1, 0.15) is 5.75 Å². The Bertz CT molecular complexity index is 1180. The molecule has 7 nitrogen and oxygen atoms in total. The number of nitrogens with zero attached hydrogens (tertiary/aromatic N) is 2. The van der Waals surface area contributed by atoms with Gasteiger partial charge in [-0.2, -0.15) is 9.41 Å². The van der Waals surface area contributed by atoms with Crippen LogP contribution < -0.4 is 10.2 Å². The van der Waals surface area contributed by atoms with Crippen molar-refractivity contribution in [2.75, 3.05) is 13.2 Å². The smallest absolute Gasteiger partial charge is 0.255 e. The van der Waals surface area contributed by atoms with E-state index in [1.165, 1.54) is 18.3 Å². The van der Waals surface area contributed by atoms with Crippen LogP contribution in [-0.4, -0.2) is 38.0 Å². The highest BCUT2D eigenvalue weighted by atomic mass is 32.2. The lowest BCUT2D eigenvalue weighted by molar-refractivity contribution is -0.121. The summed E-state index contributed by atoms with van der Waals surface area (Å²) in [4.78, 5) is 12.7. The summed E-state index contributed by atoms with van der Waals surface area (Å²) in [5, 5.41) is 3.96. The number of sulfonamides is 1. The highest BCUT2D eigenvalue weighted by Crippen LogP contribution is 2.18. The molecule has 0 aliphatic carbocycles. The number of aryl methyl sites for hydroxylation is 1. The van der Waals surface area contributed by atoms with Crippen LogP contribution in [0, 0.1) is 6.92 Å². The first kappa shape index (κ1) is 24.2. The molecule has 1 amide bonds. The third kappa shape index (κ3) is 7.00. The van der Waals surface area contributed by atoms with Crippen LogP contribution >= 0.6 is 0 Å². The Hall–Kier alpha value is -3.49. The lowest BCUT2D eigenvalue weighted by Gasteiger charge is -2.21. The number of rotatable bonds is 10. The van der Waals surface area contributed by atoms with E-state index in [0.29, 0.717) is 6.61 Å². The largest absolute Gasteiger partial charge is 0.494 e. The molecule has 1 N–H and O–H groups in total. The van der Waals surface area contributed by atoms with Crippen molar-refractivity contribution in [3.05, 3.63) is 95.6 Å². The molecule has 33 heavy (non-hydrogen) atoms. The predicted octanol–water partition coefficient (Wildman–Crippen LogP) is 3.73. The number of hydrazone groups is 1. The van der Waals surface area contributed by atoms with Crippen LogP contribution in [-0.2, 0) is 21.4 Å². The number of hydrogen-bond donors (Lipinski definition) is 1. The third-order valence-corrected chi connectivity index (χ3v) is 6.58. The molecule has 3 rings (SSSR count). The summed E-state index contributed by atoms with van der Waals surface area (Å²) in [5.74, 6) is 0.209. The first-order valence-corrected chi connectivity index (χ1v) is 12.0. The van der Waals surface area contributed by atoms with Crippen LogP contribution in [0.2, 0.25) is 0 Å². The molecular weight excluding hydrogens is 438 g/mol. The molecule has 0 saturated carbocycles. The minimum atomic E-state index is -3.89. The van der Waals surface area contributed by atoms with E-state index >= 15 is 0 Å². The Morgan fingerprint density at radius 3 is 2.30 bits per heavy atom. The van der Waals surface area contributed by atoms with E-state index in [4.69, 9.17) is 4.74 Å². The van der Waals surface area contributed by atoms with E-state index in [9.17, 15) is 13.2 Å². The zero-order chi connectivity index (χ0) is 23.7. The van der Waals surface area contributed by atoms with Crippen molar-refractivity contribution in [1.82, 2.24) is 9.73 Å². The van der Waals surface area contributed by atoms with Crippen molar-refractivity contribution in [2.45, 2.75) is 25.3 Å². The van der Waals surface area contributed by atoms with Gasteiger partial charge in [-0.05, 0) is 61.4 Å². The summed E-state index contributed by atoms with van der Waals surface area (Å²) in [5.41, 5.74) is 5.03. The van der Waals surface area contributed by atoms with E-state index in [1.807, 2.05) is 62.4 Å². The van der Waals surface area contributed by atoms with Gasteiger partial charge in [-0.25, -0.2) is 13.8 Å². The Balaban J connectivity index is 1.72. The Kier molecular flexibility index (Phi) is 8.34. The van der Waals surface area contributed by atoms with Crippen LogP contribution in [0.4, 0.5) is 0 Å². The molecule has 8 heteroatoms. The monoisotopic (exact) mass is 465 g/mol. The summed E-state index contributed by atoms with van der Waals surface area (Å²) >= 11 is 0. The quantitative estimate of drug-likeness (QED) is 0.365. The SMILES string of the molecule is CCOc1ccc(C=NNC(=O)CN(Cc2ccc(C)cc2)S(=O)(=O)c2ccccc2)cc1. The van der Waals surface area contributed by atoms with Gasteiger partial charge < -0.3 is 4.74 Å². The van der Waals surface area contributed by atoms with Crippen LogP contribution in [0.5, 0.6) is 5.75 Å². The van der Waals surface area contributed by atoms with Crippen molar-refractivity contribution < 1.29 is 17.9 Å². The van der Waals surface area contributed by atoms with Crippen LogP contribution in [0.3, 0.4) is 0 Å². The first-order chi connectivity index (χ1) is 15.9. The summed E-state index contributed by atoms with van der Waals surface area (Å²) in [6.07, 6.45) is 1.49. The van der Waals surface area contributed by atoms with Crippen molar-refractivity contribution in [2.24, 2.45) is 5.10 Å². The highest BCUT2D eigenvalue weighted by Gasteiger charge is 2.26. The van der Waals surface area contributed by atoms with Crippen LogP contribution in [0.25, 0.3) is 0 Å². The number of nitrogens with one attached hydrogen (secondary N) is 1. The lowest BCUT2D eigenvalue weighted by atomic mass is 10.1. The van der Waals surface area contributed by atoms with Crippen molar-refractivity contribution >= 4 is 22.1 Å². The van der Waals surface area contributed by atoms with Gasteiger partial charge in [-0.15, -0.1) is 0 Å². The maximum atomic E-state index is 13.2. The van der Waals surface area contributed by atoms with Crippen molar-refractivity contribution in [1.29, 1.82) is 0 Å². The number of carbonyl (C=O) groups is 1. The molecule has 0 aliphatic heterocycles. The molecule has 172 valence electrons. The maximum Gasteiger partial charge on any atom is 0.255 e. The van der Waals surface area contributed by atoms with E-state index in [0.717, 1.165) is 26.7 Å². The fraction of sp³-hybridized carbons (Fsp3) is 0.200. The molecule has 3 aromatic carbocycles. The van der Waals surface area contributed by atoms with Crippen LogP contribution in [0.1, 0.15) is 23.6 Å². The van der Waals surface area contributed by atoms with E-state index in [1.54, 1.807) is 18.2 Å². The topological polar surface area (TPSA) is 88.1 Å². The number of amides is 1. The standard InChI is InChI=1S/C25H27N3O4S/c1-3-32-23-15-13-21(14-16-23)17-26-27-25(29)19-28(18-22-11-9-20(2)10-12-22)33(30,31)24-7-5-4-6-8-24/h4-17H,3,18-19H2,1-2H3,(H,27,29). The minimum Gasteiger partial charge on any atom is -0.494 e. The predicted molar refractivity (Wildman–Crippen MR) is 129 cm³/mol. The van der Waals surface area contributed by atoms with Gasteiger partial charge in [0.2, 0.25) is 10.0 Å². The average Bonchev–Trinajstić information content (AvgIpc) is 2.82. The molecule has 0 bridgehead atoms. The summed E-state index contributed by atoms with van der Waals surface area (Å²) < 4.78 is 33.0.